The van der Waals surface area contributed by atoms with Crippen LogP contribution in [-0.4, -0.2) is 15.4 Å². The first-order chi connectivity index (χ1) is 11.4. The van der Waals surface area contributed by atoms with Gasteiger partial charge in [0, 0.05) is 10.8 Å². The van der Waals surface area contributed by atoms with Crippen LogP contribution in [0.15, 0.2) is 59.1 Å². The molecule has 1 aliphatic rings. The number of aromatic nitrogens is 2. The number of nitrogens with one attached hydrogen (secondary N) is 1. The maximum Gasteiger partial charge on any atom is 0.241 e. The van der Waals surface area contributed by atoms with Gasteiger partial charge in [0.05, 0.1) is 6.54 Å². The monoisotopic (exact) mass is 323 g/mol. The van der Waals surface area contributed by atoms with Crippen LogP contribution in [0.25, 0.3) is 22.5 Å². The van der Waals surface area contributed by atoms with Gasteiger partial charge in [0.2, 0.25) is 11.7 Å². The Morgan fingerprint density at radius 1 is 0.957 bits per heavy atom. The molecule has 1 fully saturated rings. The van der Waals surface area contributed by atoms with Crippen LogP contribution in [0.2, 0.25) is 0 Å². The van der Waals surface area contributed by atoms with E-state index in [-0.39, 0.29) is 0 Å². The van der Waals surface area contributed by atoms with E-state index in [1.807, 2.05) is 30.3 Å². The molecule has 1 aliphatic carbocycles. The van der Waals surface area contributed by atoms with E-state index in [0.29, 0.717) is 18.3 Å². The molecule has 4 nitrogen and oxygen atoms in total. The fourth-order valence-electron chi connectivity index (χ4n) is 2.29. The summed E-state index contributed by atoms with van der Waals surface area (Å²) in [5.41, 5.74) is 3.35. The molecule has 5 heteroatoms. The second kappa shape index (κ2) is 6.56. The van der Waals surface area contributed by atoms with Crippen LogP contribution in [0.3, 0.4) is 0 Å². The lowest BCUT2D eigenvalue weighted by Gasteiger charge is -2.01. The summed E-state index contributed by atoms with van der Waals surface area (Å²) in [6.45, 7) is 0.607. The molecule has 23 heavy (non-hydrogen) atoms. The topological polar surface area (TPSA) is 51.0 Å². The zero-order chi connectivity index (χ0) is 15.5. The third-order valence-electron chi connectivity index (χ3n) is 3.72. The van der Waals surface area contributed by atoms with Gasteiger partial charge in [0.1, 0.15) is 0 Å². The number of nitrogens with zero attached hydrogens (tertiary/aromatic N) is 2. The van der Waals surface area contributed by atoms with Crippen molar-refractivity contribution >= 4 is 11.9 Å². The second-order valence-electron chi connectivity index (χ2n) is 5.59. The average Bonchev–Trinajstić information content (AvgIpc) is 3.32. The summed E-state index contributed by atoms with van der Waals surface area (Å²) < 4.78 is 8.58. The van der Waals surface area contributed by atoms with E-state index in [2.05, 4.69) is 39.1 Å². The predicted molar refractivity (Wildman–Crippen MR) is 92.6 cm³/mol. The van der Waals surface area contributed by atoms with Crippen molar-refractivity contribution in [2.75, 3.05) is 0 Å². The van der Waals surface area contributed by atoms with E-state index in [0.717, 1.165) is 10.8 Å². The minimum Gasteiger partial charge on any atom is -0.338 e. The predicted octanol–water partition coefficient (Wildman–Crippen LogP) is 4.30. The molecule has 3 aromatic rings. The summed E-state index contributed by atoms with van der Waals surface area (Å²) >= 11 is 1.76. The van der Waals surface area contributed by atoms with Gasteiger partial charge in [-0.1, -0.05) is 71.7 Å². The van der Waals surface area contributed by atoms with Gasteiger partial charge >= 0.3 is 0 Å². The van der Waals surface area contributed by atoms with Crippen LogP contribution in [-0.2, 0) is 6.54 Å². The molecule has 0 spiro atoms. The van der Waals surface area contributed by atoms with Gasteiger partial charge in [-0.15, -0.1) is 0 Å². The van der Waals surface area contributed by atoms with Crippen LogP contribution >= 0.6 is 11.9 Å². The molecule has 1 heterocycles. The molecular weight excluding hydrogens is 306 g/mol. The van der Waals surface area contributed by atoms with Crippen LogP contribution in [0.1, 0.15) is 18.7 Å². The number of hydrogen-bond donors (Lipinski definition) is 1. The van der Waals surface area contributed by atoms with Crippen LogP contribution in [0.4, 0.5) is 0 Å². The maximum absolute atomic E-state index is 5.30. The van der Waals surface area contributed by atoms with E-state index in [4.69, 9.17) is 4.52 Å². The van der Waals surface area contributed by atoms with Crippen molar-refractivity contribution in [3.05, 3.63) is 60.5 Å². The molecule has 0 bridgehead atoms. The maximum atomic E-state index is 5.30. The van der Waals surface area contributed by atoms with Gasteiger partial charge in [-0.25, -0.2) is 0 Å². The van der Waals surface area contributed by atoms with Gasteiger partial charge in [0.25, 0.3) is 0 Å². The molecule has 1 N–H and O–H groups in total. The van der Waals surface area contributed by atoms with Gasteiger partial charge < -0.3 is 4.52 Å². The molecule has 0 radical (unpaired) electrons. The van der Waals surface area contributed by atoms with Gasteiger partial charge in [-0.05, 0) is 24.0 Å². The molecule has 0 atom stereocenters. The minimum atomic E-state index is 0.607. The van der Waals surface area contributed by atoms with E-state index in [1.165, 1.54) is 24.0 Å². The number of hydrogen-bond acceptors (Lipinski definition) is 5. The van der Waals surface area contributed by atoms with Crippen molar-refractivity contribution in [3.8, 4) is 22.5 Å². The summed E-state index contributed by atoms with van der Waals surface area (Å²) in [7, 11) is 0. The molecule has 116 valence electrons. The standard InChI is InChI=1S/C18H17N3OS/c1-2-4-13(5-3-1)14-6-8-15(9-7-14)18-20-17(22-21-18)12-19-23-16-10-11-16/h1-9,16,19H,10-12H2. The summed E-state index contributed by atoms with van der Waals surface area (Å²) in [5, 5.41) is 4.83. The summed E-state index contributed by atoms with van der Waals surface area (Å²) in [5.74, 6) is 1.26. The van der Waals surface area contributed by atoms with E-state index in [9.17, 15) is 0 Å². The molecule has 2 aromatic carbocycles. The molecule has 0 unspecified atom stereocenters. The summed E-state index contributed by atoms with van der Waals surface area (Å²) in [4.78, 5) is 4.45. The lowest BCUT2D eigenvalue weighted by Crippen LogP contribution is -2.04. The van der Waals surface area contributed by atoms with Crippen molar-refractivity contribution in [3.63, 3.8) is 0 Å². The van der Waals surface area contributed by atoms with Crippen molar-refractivity contribution in [2.45, 2.75) is 24.6 Å². The Morgan fingerprint density at radius 2 is 1.65 bits per heavy atom. The molecule has 1 aromatic heterocycles. The molecule has 0 amide bonds. The highest BCUT2D eigenvalue weighted by Gasteiger charge is 2.22. The Kier molecular flexibility index (Phi) is 4.13. The highest BCUT2D eigenvalue weighted by molar-refractivity contribution is 7.98. The Balaban J connectivity index is 1.44. The second-order valence-corrected chi connectivity index (χ2v) is 6.78. The molecule has 0 aliphatic heterocycles. The Hall–Kier alpha value is -2.11. The van der Waals surface area contributed by atoms with E-state index < -0.39 is 0 Å². The number of benzene rings is 2. The first-order valence-corrected chi connectivity index (χ1v) is 8.63. The van der Waals surface area contributed by atoms with Crippen molar-refractivity contribution in [2.24, 2.45) is 0 Å². The van der Waals surface area contributed by atoms with Crippen LogP contribution in [0.5, 0.6) is 0 Å². The van der Waals surface area contributed by atoms with Gasteiger partial charge in [0.15, 0.2) is 0 Å². The smallest absolute Gasteiger partial charge is 0.241 e. The minimum absolute atomic E-state index is 0.607. The molecular formula is C18H17N3OS. The quantitative estimate of drug-likeness (QED) is 0.685. The largest absolute Gasteiger partial charge is 0.338 e. The van der Waals surface area contributed by atoms with Gasteiger partial charge in [-0.3, -0.25) is 4.72 Å². The Labute approximate surface area is 139 Å². The molecule has 0 saturated heterocycles. The third kappa shape index (κ3) is 3.63. The van der Waals surface area contributed by atoms with Crippen molar-refractivity contribution in [1.29, 1.82) is 0 Å². The third-order valence-corrected chi connectivity index (χ3v) is 4.83. The lowest BCUT2D eigenvalue weighted by atomic mass is 10.0. The molecule has 4 rings (SSSR count). The summed E-state index contributed by atoms with van der Waals surface area (Å²) in [6.07, 6.45) is 2.61. The lowest BCUT2D eigenvalue weighted by molar-refractivity contribution is 0.377. The van der Waals surface area contributed by atoms with E-state index in [1.54, 1.807) is 11.9 Å². The van der Waals surface area contributed by atoms with Gasteiger partial charge in [-0.2, -0.15) is 4.98 Å². The van der Waals surface area contributed by atoms with Crippen molar-refractivity contribution < 1.29 is 4.52 Å². The fourth-order valence-corrected chi connectivity index (χ4v) is 3.11. The zero-order valence-electron chi connectivity index (χ0n) is 12.6. The summed E-state index contributed by atoms with van der Waals surface area (Å²) in [6, 6.07) is 18.5. The van der Waals surface area contributed by atoms with E-state index >= 15 is 0 Å². The number of rotatable bonds is 6. The van der Waals surface area contributed by atoms with Crippen molar-refractivity contribution in [1.82, 2.24) is 14.9 Å². The zero-order valence-corrected chi connectivity index (χ0v) is 13.4. The fraction of sp³-hybridized carbons (Fsp3) is 0.222. The SMILES string of the molecule is c1ccc(-c2ccc(-c3noc(CNSC4CC4)n3)cc2)cc1. The Bertz CT molecular complexity index is 766. The normalized spacial score (nSPS) is 14.1. The molecule has 1 saturated carbocycles. The first kappa shape index (κ1) is 14.5. The van der Waals surface area contributed by atoms with Crippen LogP contribution in [0, 0.1) is 0 Å². The van der Waals surface area contributed by atoms with Crippen LogP contribution < -0.4 is 4.72 Å². The first-order valence-electron chi connectivity index (χ1n) is 7.75. The Morgan fingerprint density at radius 3 is 2.39 bits per heavy atom. The highest BCUT2D eigenvalue weighted by atomic mass is 32.2. The average molecular weight is 323 g/mol. The highest BCUT2D eigenvalue weighted by Crippen LogP contribution is 2.32.